The molecule has 0 radical (unpaired) electrons. The van der Waals surface area contributed by atoms with Crippen LogP contribution in [0.4, 0.5) is 0 Å². The first-order chi connectivity index (χ1) is 13.7. The van der Waals surface area contributed by atoms with Gasteiger partial charge in [0.1, 0.15) is 17.9 Å². The Kier molecular flexibility index (Phi) is 5.02. The molecule has 0 atom stereocenters. The summed E-state index contributed by atoms with van der Waals surface area (Å²) in [5, 5.41) is 11.8. The summed E-state index contributed by atoms with van der Waals surface area (Å²) >= 11 is 0. The van der Waals surface area contributed by atoms with Crippen molar-refractivity contribution in [1.82, 2.24) is 4.98 Å². The standard InChI is InChI=1S/C24H19NO3/c26-24(27)22-11-10-17(13-18-5-4-12-25-15-18)14-23(22)28-16-20-8-3-7-19-6-1-2-9-21(19)20/h1-12,14-15H,13,16H2,(H,26,27). The van der Waals surface area contributed by atoms with Crippen LogP contribution < -0.4 is 4.74 Å². The molecule has 138 valence electrons. The fourth-order valence-electron chi connectivity index (χ4n) is 3.29. The Morgan fingerprint density at radius 1 is 0.929 bits per heavy atom. The van der Waals surface area contributed by atoms with E-state index in [9.17, 15) is 9.90 Å². The summed E-state index contributed by atoms with van der Waals surface area (Å²) in [6.45, 7) is 0.304. The Labute approximate surface area is 163 Å². The maximum atomic E-state index is 11.6. The van der Waals surface area contributed by atoms with Gasteiger partial charge in [0.25, 0.3) is 0 Å². The second-order valence-electron chi connectivity index (χ2n) is 6.60. The van der Waals surface area contributed by atoms with Crippen molar-refractivity contribution >= 4 is 16.7 Å². The van der Waals surface area contributed by atoms with Crippen molar-refractivity contribution in [3.05, 3.63) is 107 Å². The zero-order valence-corrected chi connectivity index (χ0v) is 15.2. The molecule has 1 N–H and O–H groups in total. The number of carbonyl (C=O) groups is 1. The van der Waals surface area contributed by atoms with E-state index >= 15 is 0 Å². The summed E-state index contributed by atoms with van der Waals surface area (Å²) < 4.78 is 5.97. The summed E-state index contributed by atoms with van der Waals surface area (Å²) in [4.78, 5) is 15.8. The van der Waals surface area contributed by atoms with Gasteiger partial charge in [-0.3, -0.25) is 4.98 Å². The molecule has 0 saturated heterocycles. The molecule has 28 heavy (non-hydrogen) atoms. The van der Waals surface area contributed by atoms with Crippen LogP contribution in [0.3, 0.4) is 0 Å². The summed E-state index contributed by atoms with van der Waals surface area (Å²) in [6, 6.07) is 23.2. The Balaban J connectivity index is 1.61. The molecule has 0 amide bonds. The number of carboxylic acids is 1. The Morgan fingerprint density at radius 3 is 2.61 bits per heavy atom. The van der Waals surface area contributed by atoms with Gasteiger partial charge in [0.05, 0.1) is 0 Å². The maximum Gasteiger partial charge on any atom is 0.339 e. The minimum Gasteiger partial charge on any atom is -0.488 e. The lowest BCUT2D eigenvalue weighted by Crippen LogP contribution is -2.05. The lowest BCUT2D eigenvalue weighted by Gasteiger charge is -2.13. The lowest BCUT2D eigenvalue weighted by molar-refractivity contribution is 0.0692. The number of pyridine rings is 1. The van der Waals surface area contributed by atoms with Gasteiger partial charge >= 0.3 is 5.97 Å². The van der Waals surface area contributed by atoms with Crippen molar-refractivity contribution in [3.8, 4) is 5.75 Å². The molecule has 0 aliphatic heterocycles. The van der Waals surface area contributed by atoms with Gasteiger partial charge in [0.15, 0.2) is 0 Å². The quantitative estimate of drug-likeness (QED) is 0.513. The van der Waals surface area contributed by atoms with Crippen LogP contribution in [-0.4, -0.2) is 16.1 Å². The molecule has 0 saturated carbocycles. The highest BCUT2D eigenvalue weighted by atomic mass is 16.5. The van der Waals surface area contributed by atoms with Gasteiger partial charge in [-0.15, -0.1) is 0 Å². The van der Waals surface area contributed by atoms with Gasteiger partial charge < -0.3 is 9.84 Å². The number of carboxylic acid groups (broad SMARTS) is 1. The van der Waals surface area contributed by atoms with Gasteiger partial charge in [0.2, 0.25) is 0 Å². The van der Waals surface area contributed by atoms with Crippen LogP contribution in [0.5, 0.6) is 5.75 Å². The molecule has 0 aliphatic carbocycles. The van der Waals surface area contributed by atoms with Gasteiger partial charge in [0, 0.05) is 12.4 Å². The smallest absolute Gasteiger partial charge is 0.339 e. The van der Waals surface area contributed by atoms with Crippen LogP contribution in [0.25, 0.3) is 10.8 Å². The lowest BCUT2D eigenvalue weighted by atomic mass is 10.0. The highest BCUT2D eigenvalue weighted by molar-refractivity contribution is 5.91. The summed E-state index contributed by atoms with van der Waals surface area (Å²) in [7, 11) is 0. The zero-order chi connectivity index (χ0) is 19.3. The van der Waals surface area contributed by atoms with Gasteiger partial charge in [-0.1, -0.05) is 54.6 Å². The van der Waals surface area contributed by atoms with Crippen molar-refractivity contribution < 1.29 is 14.6 Å². The van der Waals surface area contributed by atoms with Crippen LogP contribution in [0.15, 0.2) is 85.2 Å². The number of aromatic nitrogens is 1. The topological polar surface area (TPSA) is 59.4 Å². The van der Waals surface area contributed by atoms with Crippen molar-refractivity contribution in [2.45, 2.75) is 13.0 Å². The third-order valence-electron chi connectivity index (χ3n) is 4.67. The minimum atomic E-state index is -0.999. The van der Waals surface area contributed by atoms with E-state index in [-0.39, 0.29) is 5.56 Å². The summed E-state index contributed by atoms with van der Waals surface area (Å²) in [5.74, 6) is -0.623. The van der Waals surface area contributed by atoms with E-state index in [2.05, 4.69) is 17.1 Å². The molecule has 0 unspecified atom stereocenters. The monoisotopic (exact) mass is 369 g/mol. The number of nitrogens with zero attached hydrogens (tertiary/aromatic N) is 1. The molecule has 1 heterocycles. The molecular weight excluding hydrogens is 350 g/mol. The molecule has 1 aromatic heterocycles. The highest BCUT2D eigenvalue weighted by Crippen LogP contribution is 2.25. The largest absolute Gasteiger partial charge is 0.488 e. The first-order valence-corrected chi connectivity index (χ1v) is 9.05. The van der Waals surface area contributed by atoms with E-state index in [4.69, 9.17) is 4.74 Å². The SMILES string of the molecule is O=C(O)c1ccc(Cc2cccnc2)cc1OCc1cccc2ccccc12. The number of aromatic carboxylic acids is 1. The third-order valence-corrected chi connectivity index (χ3v) is 4.67. The fourth-order valence-corrected chi connectivity index (χ4v) is 3.29. The predicted molar refractivity (Wildman–Crippen MR) is 109 cm³/mol. The third kappa shape index (κ3) is 3.86. The van der Waals surface area contributed by atoms with E-state index in [1.54, 1.807) is 12.3 Å². The van der Waals surface area contributed by atoms with Crippen LogP contribution in [0, 0.1) is 0 Å². The first kappa shape index (κ1) is 17.7. The molecule has 0 aliphatic rings. The van der Waals surface area contributed by atoms with Crippen LogP contribution in [0.2, 0.25) is 0 Å². The molecule has 4 heteroatoms. The molecule has 0 fully saturated rings. The first-order valence-electron chi connectivity index (χ1n) is 9.05. The maximum absolute atomic E-state index is 11.6. The van der Waals surface area contributed by atoms with E-state index in [1.807, 2.05) is 60.8 Å². The molecule has 4 rings (SSSR count). The second-order valence-corrected chi connectivity index (χ2v) is 6.60. The second kappa shape index (κ2) is 7.92. The van der Waals surface area contributed by atoms with Crippen LogP contribution >= 0.6 is 0 Å². The minimum absolute atomic E-state index is 0.162. The van der Waals surface area contributed by atoms with Gasteiger partial charge in [-0.2, -0.15) is 0 Å². The van der Waals surface area contributed by atoms with Crippen molar-refractivity contribution in [1.29, 1.82) is 0 Å². The van der Waals surface area contributed by atoms with Gasteiger partial charge in [-0.25, -0.2) is 4.79 Å². The number of hydrogen-bond donors (Lipinski definition) is 1. The van der Waals surface area contributed by atoms with E-state index < -0.39 is 5.97 Å². The summed E-state index contributed by atoms with van der Waals surface area (Å²) in [6.07, 6.45) is 4.20. The molecule has 4 nitrogen and oxygen atoms in total. The Morgan fingerprint density at radius 2 is 1.79 bits per heavy atom. The Bertz CT molecular complexity index is 1120. The average molecular weight is 369 g/mol. The molecule has 0 bridgehead atoms. The van der Waals surface area contributed by atoms with Crippen molar-refractivity contribution in [2.75, 3.05) is 0 Å². The normalized spacial score (nSPS) is 10.7. The van der Waals surface area contributed by atoms with Crippen molar-refractivity contribution in [2.24, 2.45) is 0 Å². The average Bonchev–Trinajstić information content (AvgIpc) is 2.73. The van der Waals surface area contributed by atoms with Crippen molar-refractivity contribution in [3.63, 3.8) is 0 Å². The van der Waals surface area contributed by atoms with E-state index in [1.165, 1.54) is 0 Å². The zero-order valence-electron chi connectivity index (χ0n) is 15.2. The number of hydrogen-bond acceptors (Lipinski definition) is 3. The highest BCUT2D eigenvalue weighted by Gasteiger charge is 2.13. The van der Waals surface area contributed by atoms with E-state index in [0.717, 1.165) is 27.5 Å². The van der Waals surface area contributed by atoms with Crippen LogP contribution in [-0.2, 0) is 13.0 Å². The fraction of sp³-hybridized carbons (Fsp3) is 0.0833. The van der Waals surface area contributed by atoms with E-state index in [0.29, 0.717) is 18.8 Å². The predicted octanol–water partition coefficient (Wildman–Crippen LogP) is 5.10. The molecule has 3 aromatic carbocycles. The molecule has 4 aromatic rings. The van der Waals surface area contributed by atoms with Gasteiger partial charge in [-0.05, 0) is 52.1 Å². The molecular formula is C24H19NO3. The molecule has 0 spiro atoms. The Hall–Kier alpha value is -3.66. The van der Waals surface area contributed by atoms with Crippen LogP contribution in [0.1, 0.15) is 27.0 Å². The number of ether oxygens (including phenoxy) is 1. The summed E-state index contributed by atoms with van der Waals surface area (Å²) in [5.41, 5.74) is 3.22. The number of benzene rings is 3. The number of rotatable bonds is 6. The number of fused-ring (bicyclic) bond motifs is 1.